The smallest absolute Gasteiger partial charge is 0.348 e. The van der Waals surface area contributed by atoms with E-state index in [2.05, 4.69) is 15.4 Å². The van der Waals surface area contributed by atoms with E-state index in [0.717, 1.165) is 34.2 Å². The molecule has 0 aromatic carbocycles. The number of hydrogen-bond acceptors (Lipinski definition) is 4. The van der Waals surface area contributed by atoms with Gasteiger partial charge in [-0.15, -0.1) is 11.3 Å². The van der Waals surface area contributed by atoms with E-state index in [9.17, 15) is 18.0 Å². The minimum absolute atomic E-state index is 0.0130. The van der Waals surface area contributed by atoms with Crippen molar-refractivity contribution in [2.45, 2.75) is 58.2 Å². The minimum atomic E-state index is -4.63. The second-order valence-corrected chi connectivity index (χ2v) is 10.2. The summed E-state index contributed by atoms with van der Waals surface area (Å²) < 4.78 is 42.2. The lowest BCUT2D eigenvalue weighted by Crippen LogP contribution is -2.40. The number of alkyl halides is 3. The molecular formula is C23H25F3N4OS. The van der Waals surface area contributed by atoms with Crippen LogP contribution < -0.4 is 5.32 Å². The normalized spacial score (nSPS) is 23.7. The Kier molecular flexibility index (Phi) is 5.27. The van der Waals surface area contributed by atoms with Crippen LogP contribution in [0.2, 0.25) is 0 Å². The molecule has 32 heavy (non-hydrogen) atoms. The summed E-state index contributed by atoms with van der Waals surface area (Å²) in [7, 11) is 0. The van der Waals surface area contributed by atoms with Crippen molar-refractivity contribution < 1.29 is 18.0 Å². The predicted octanol–water partition coefficient (Wildman–Crippen LogP) is 5.59. The average molecular weight is 463 g/mol. The lowest BCUT2D eigenvalue weighted by molar-refractivity contribution is -0.142. The van der Waals surface area contributed by atoms with Gasteiger partial charge in [-0.3, -0.25) is 4.79 Å². The SMILES string of the molecule is CCc1ccc(-c2cc(C(F)(F)F)n3nc(C(=O)N[C@H](C)[C@@H]4C[C@H]5CC[C@H]4C5)cc3n2)s1. The number of aromatic nitrogens is 3. The molecule has 0 aliphatic heterocycles. The van der Waals surface area contributed by atoms with Gasteiger partial charge in [0.15, 0.2) is 17.0 Å². The van der Waals surface area contributed by atoms with Crippen LogP contribution in [0.4, 0.5) is 13.2 Å². The van der Waals surface area contributed by atoms with E-state index >= 15 is 0 Å². The van der Waals surface area contributed by atoms with Gasteiger partial charge in [0.1, 0.15) is 0 Å². The molecule has 1 amide bonds. The van der Waals surface area contributed by atoms with Crippen LogP contribution in [0.3, 0.4) is 0 Å². The van der Waals surface area contributed by atoms with Crippen molar-refractivity contribution in [3.63, 3.8) is 0 Å². The highest BCUT2D eigenvalue weighted by Crippen LogP contribution is 2.49. The van der Waals surface area contributed by atoms with E-state index in [1.807, 2.05) is 19.9 Å². The molecule has 2 saturated carbocycles. The maximum Gasteiger partial charge on any atom is 0.433 e. The first-order chi connectivity index (χ1) is 15.2. The lowest BCUT2D eigenvalue weighted by Gasteiger charge is -2.28. The van der Waals surface area contributed by atoms with Crippen LogP contribution in [-0.4, -0.2) is 26.5 Å². The summed E-state index contributed by atoms with van der Waals surface area (Å²) in [5.41, 5.74) is -0.740. The van der Waals surface area contributed by atoms with Crippen molar-refractivity contribution in [3.8, 4) is 10.6 Å². The van der Waals surface area contributed by atoms with Gasteiger partial charge in [0.05, 0.1) is 10.6 Å². The second kappa shape index (κ2) is 7.86. The highest BCUT2D eigenvalue weighted by Gasteiger charge is 2.42. The Morgan fingerprint density at radius 3 is 2.72 bits per heavy atom. The van der Waals surface area contributed by atoms with Crippen LogP contribution in [0, 0.1) is 17.8 Å². The molecule has 170 valence electrons. The van der Waals surface area contributed by atoms with Crippen LogP contribution >= 0.6 is 11.3 Å². The molecule has 3 heterocycles. The Morgan fingerprint density at radius 1 is 1.28 bits per heavy atom. The highest BCUT2D eigenvalue weighted by atomic mass is 32.1. The molecule has 9 heteroatoms. The Morgan fingerprint density at radius 2 is 2.09 bits per heavy atom. The van der Waals surface area contributed by atoms with E-state index < -0.39 is 17.8 Å². The number of halogens is 3. The molecule has 3 aromatic rings. The van der Waals surface area contributed by atoms with Crippen molar-refractivity contribution in [1.82, 2.24) is 19.9 Å². The number of nitrogens with one attached hydrogen (secondary N) is 1. The zero-order valence-corrected chi connectivity index (χ0v) is 18.8. The third-order valence-electron chi connectivity index (χ3n) is 7.01. The molecule has 0 unspecified atom stereocenters. The fourth-order valence-electron chi connectivity index (χ4n) is 5.41. The van der Waals surface area contributed by atoms with E-state index in [1.54, 1.807) is 6.07 Å². The Labute approximate surface area is 188 Å². The maximum atomic E-state index is 13.8. The lowest BCUT2D eigenvalue weighted by atomic mass is 9.84. The van der Waals surface area contributed by atoms with Crippen LogP contribution in [-0.2, 0) is 12.6 Å². The number of hydrogen-bond donors (Lipinski definition) is 1. The van der Waals surface area contributed by atoms with E-state index in [-0.39, 0.29) is 23.1 Å². The summed E-state index contributed by atoms with van der Waals surface area (Å²) in [6.07, 6.45) is 0.985. The largest absolute Gasteiger partial charge is 0.433 e. The second-order valence-electron chi connectivity index (χ2n) is 9.04. The molecule has 1 N–H and O–H groups in total. The van der Waals surface area contributed by atoms with Gasteiger partial charge in [-0.25, -0.2) is 9.50 Å². The first kappa shape index (κ1) is 21.4. The quantitative estimate of drug-likeness (QED) is 0.537. The number of aryl methyl sites for hydroxylation is 1. The molecule has 2 fully saturated rings. The summed E-state index contributed by atoms with van der Waals surface area (Å²) in [6.45, 7) is 3.98. The Hall–Kier alpha value is -2.42. The fraction of sp³-hybridized carbons (Fsp3) is 0.522. The van der Waals surface area contributed by atoms with Gasteiger partial charge >= 0.3 is 6.18 Å². The third kappa shape index (κ3) is 3.80. The molecule has 5 nitrogen and oxygen atoms in total. The zero-order chi connectivity index (χ0) is 22.6. The van der Waals surface area contributed by atoms with Crippen molar-refractivity contribution in [2.24, 2.45) is 17.8 Å². The molecule has 4 atom stereocenters. The topological polar surface area (TPSA) is 59.3 Å². The Bertz CT molecular complexity index is 1170. The summed E-state index contributed by atoms with van der Waals surface area (Å²) in [4.78, 5) is 19.0. The molecule has 0 saturated heterocycles. The van der Waals surface area contributed by atoms with Gasteiger partial charge in [-0.1, -0.05) is 13.3 Å². The number of nitrogens with zero attached hydrogens (tertiary/aromatic N) is 3. The Balaban J connectivity index is 1.46. The van der Waals surface area contributed by atoms with Gasteiger partial charge < -0.3 is 5.32 Å². The predicted molar refractivity (Wildman–Crippen MR) is 117 cm³/mol. The molecule has 3 aromatic heterocycles. The van der Waals surface area contributed by atoms with E-state index in [1.165, 1.54) is 36.7 Å². The van der Waals surface area contributed by atoms with E-state index in [4.69, 9.17) is 0 Å². The molecule has 0 radical (unpaired) electrons. The zero-order valence-electron chi connectivity index (χ0n) is 17.9. The number of carbonyl (C=O) groups excluding carboxylic acids is 1. The van der Waals surface area contributed by atoms with Gasteiger partial charge in [-0.2, -0.15) is 18.3 Å². The molecule has 0 spiro atoms. The summed E-state index contributed by atoms with van der Waals surface area (Å²) in [5.74, 6) is 1.36. The van der Waals surface area contributed by atoms with Crippen LogP contribution in [0.5, 0.6) is 0 Å². The van der Waals surface area contributed by atoms with Crippen LogP contribution in [0.25, 0.3) is 16.2 Å². The van der Waals surface area contributed by atoms with Crippen molar-refractivity contribution in [1.29, 1.82) is 0 Å². The maximum absolute atomic E-state index is 13.8. The van der Waals surface area contributed by atoms with Gasteiger partial charge in [0.25, 0.3) is 5.91 Å². The molecule has 2 aliphatic rings. The molecule has 2 bridgehead atoms. The van der Waals surface area contributed by atoms with E-state index in [0.29, 0.717) is 16.7 Å². The fourth-order valence-corrected chi connectivity index (χ4v) is 6.32. The number of rotatable bonds is 5. The van der Waals surface area contributed by atoms with Crippen molar-refractivity contribution >= 4 is 22.9 Å². The standard InChI is InChI=1S/C23H25F3N4OS/c1-3-15-6-7-19(32-15)17-10-20(23(24,25)26)30-21(28-17)11-18(29-30)22(31)27-12(2)16-9-13-4-5-14(16)8-13/h6-7,10-14,16H,3-5,8-9H2,1-2H3,(H,27,31)/t12-,13+,14+,16+/m1/s1. The van der Waals surface area contributed by atoms with Gasteiger partial charge in [-0.05, 0) is 68.6 Å². The van der Waals surface area contributed by atoms with Crippen LogP contribution in [0.1, 0.15) is 60.6 Å². The summed E-state index contributed by atoms with van der Waals surface area (Å²) >= 11 is 1.42. The third-order valence-corrected chi connectivity index (χ3v) is 8.26. The van der Waals surface area contributed by atoms with Crippen molar-refractivity contribution in [2.75, 3.05) is 0 Å². The monoisotopic (exact) mass is 462 g/mol. The summed E-state index contributed by atoms with van der Waals surface area (Å²) in [6, 6.07) is 5.99. The van der Waals surface area contributed by atoms with Gasteiger partial charge in [0, 0.05) is 17.0 Å². The molecular weight excluding hydrogens is 437 g/mol. The van der Waals surface area contributed by atoms with Crippen molar-refractivity contribution in [3.05, 3.63) is 40.5 Å². The highest BCUT2D eigenvalue weighted by molar-refractivity contribution is 7.15. The van der Waals surface area contributed by atoms with Gasteiger partial charge in [0.2, 0.25) is 0 Å². The molecule has 2 aliphatic carbocycles. The first-order valence-electron chi connectivity index (χ1n) is 11.1. The van der Waals surface area contributed by atoms with Crippen LogP contribution in [0.15, 0.2) is 24.3 Å². The summed E-state index contributed by atoms with van der Waals surface area (Å²) in [5, 5.41) is 6.97. The number of fused-ring (bicyclic) bond motifs is 3. The first-order valence-corrected chi connectivity index (χ1v) is 11.9. The number of amides is 1. The number of carbonyl (C=O) groups is 1. The minimum Gasteiger partial charge on any atom is -0.348 e. The number of thiophene rings is 1. The molecule has 5 rings (SSSR count). The average Bonchev–Trinajstić information content (AvgIpc) is 3.54.